The summed E-state index contributed by atoms with van der Waals surface area (Å²) >= 11 is 0. The van der Waals surface area contributed by atoms with E-state index < -0.39 is 6.10 Å². The van der Waals surface area contributed by atoms with Gasteiger partial charge in [-0.3, -0.25) is 4.90 Å². The molecule has 2 atom stereocenters. The number of piperidine rings is 1. The number of amides is 2. The number of methoxy groups -OCH3 is 1. The van der Waals surface area contributed by atoms with Crippen LogP contribution in [0.1, 0.15) is 16.8 Å². The average molecular weight is 609 g/mol. The molecular weight excluding hydrogens is 571 g/mol. The van der Waals surface area contributed by atoms with E-state index in [4.69, 9.17) is 9.47 Å². The van der Waals surface area contributed by atoms with Crippen molar-refractivity contribution in [1.29, 1.82) is 0 Å². The molecule has 0 spiro atoms. The van der Waals surface area contributed by atoms with Crippen LogP contribution in [0.4, 0.5) is 20.6 Å². The van der Waals surface area contributed by atoms with Crippen LogP contribution in [-0.2, 0) is 4.74 Å². The molecule has 0 aromatic heterocycles. The number of anilines is 2. The number of carbonyl (C=O) groups is 2. The summed E-state index contributed by atoms with van der Waals surface area (Å²) < 4.78 is 25.0. The number of ether oxygens (including phenoxy) is 2. The predicted octanol–water partition coefficient (Wildman–Crippen LogP) is 6.16. The van der Waals surface area contributed by atoms with Gasteiger partial charge < -0.3 is 24.6 Å². The highest BCUT2D eigenvalue weighted by Crippen LogP contribution is 2.27. The van der Waals surface area contributed by atoms with Crippen molar-refractivity contribution in [1.82, 2.24) is 9.80 Å². The number of benzene rings is 4. The second-order valence-electron chi connectivity index (χ2n) is 11.4. The van der Waals surface area contributed by atoms with E-state index in [9.17, 15) is 14.0 Å². The first-order chi connectivity index (χ1) is 22.0. The summed E-state index contributed by atoms with van der Waals surface area (Å²) in [5.41, 5.74) is 4.09. The molecule has 9 heteroatoms. The summed E-state index contributed by atoms with van der Waals surface area (Å²) in [5.74, 6) is 0.0273. The lowest BCUT2D eigenvalue weighted by Gasteiger charge is -2.46. The minimum absolute atomic E-state index is 0.188. The second kappa shape index (κ2) is 13.8. The van der Waals surface area contributed by atoms with E-state index in [-0.39, 0.29) is 23.9 Å². The molecule has 232 valence electrons. The molecule has 2 fully saturated rings. The van der Waals surface area contributed by atoms with E-state index in [1.165, 1.54) is 12.1 Å². The average Bonchev–Trinajstić information content (AvgIpc) is 3.09. The van der Waals surface area contributed by atoms with E-state index in [0.29, 0.717) is 49.6 Å². The Morgan fingerprint density at radius 2 is 1.53 bits per heavy atom. The van der Waals surface area contributed by atoms with Crippen molar-refractivity contribution in [2.75, 3.05) is 56.6 Å². The van der Waals surface area contributed by atoms with E-state index in [1.807, 2.05) is 66.7 Å². The van der Waals surface area contributed by atoms with Crippen molar-refractivity contribution in [2.45, 2.75) is 18.6 Å². The molecule has 8 nitrogen and oxygen atoms in total. The Labute approximate surface area is 263 Å². The number of urea groups is 1. The molecule has 2 amide bonds. The van der Waals surface area contributed by atoms with E-state index >= 15 is 0 Å². The maximum atomic E-state index is 13.5. The highest BCUT2D eigenvalue weighted by molar-refractivity contribution is 5.91. The zero-order valence-electron chi connectivity index (χ0n) is 25.3. The predicted molar refractivity (Wildman–Crippen MR) is 173 cm³/mol. The fraction of sp³-hybridized carbons (Fsp3) is 0.278. The van der Waals surface area contributed by atoms with Crippen LogP contribution in [0, 0.1) is 5.82 Å². The van der Waals surface area contributed by atoms with Gasteiger partial charge in [0.15, 0.2) is 0 Å². The Hall–Kier alpha value is -4.89. The van der Waals surface area contributed by atoms with E-state index in [0.717, 1.165) is 29.9 Å². The molecule has 2 aliphatic heterocycles. The summed E-state index contributed by atoms with van der Waals surface area (Å²) in [7, 11) is 1.59. The third-order valence-corrected chi connectivity index (χ3v) is 8.57. The molecule has 0 unspecified atom stereocenters. The van der Waals surface area contributed by atoms with Crippen molar-refractivity contribution in [3.8, 4) is 16.9 Å². The smallest absolute Gasteiger partial charge is 0.338 e. The SMILES string of the molecule is COc1cccc(NC(=O)N2CC[C@@H](OC(=O)c3cccc(-c4ccccc4)c3)[C@H](N3CCN(c4ccc(F)cc4)CC3)C2)c1. The number of nitrogens with zero attached hydrogens (tertiary/aromatic N) is 3. The zero-order chi connectivity index (χ0) is 31.2. The van der Waals surface area contributed by atoms with Gasteiger partial charge in [-0.2, -0.15) is 0 Å². The van der Waals surface area contributed by atoms with Gasteiger partial charge in [-0.15, -0.1) is 0 Å². The van der Waals surface area contributed by atoms with Crippen molar-refractivity contribution in [3.05, 3.63) is 115 Å². The Morgan fingerprint density at radius 1 is 0.800 bits per heavy atom. The van der Waals surface area contributed by atoms with Gasteiger partial charge in [0.05, 0.1) is 18.7 Å². The summed E-state index contributed by atoms with van der Waals surface area (Å²) in [6, 6.07) is 30.8. The number of hydrogen-bond donors (Lipinski definition) is 1. The van der Waals surface area contributed by atoms with Crippen molar-refractivity contribution >= 4 is 23.4 Å². The summed E-state index contributed by atoms with van der Waals surface area (Å²) in [5, 5.41) is 2.99. The van der Waals surface area contributed by atoms with Crippen LogP contribution in [0.5, 0.6) is 5.75 Å². The van der Waals surface area contributed by atoms with E-state index in [2.05, 4.69) is 15.1 Å². The van der Waals surface area contributed by atoms with Gasteiger partial charge in [0.25, 0.3) is 0 Å². The molecule has 45 heavy (non-hydrogen) atoms. The third kappa shape index (κ3) is 7.26. The highest BCUT2D eigenvalue weighted by Gasteiger charge is 2.39. The Morgan fingerprint density at radius 3 is 2.29 bits per heavy atom. The molecule has 2 saturated heterocycles. The van der Waals surface area contributed by atoms with Crippen molar-refractivity contribution < 1.29 is 23.5 Å². The number of piperazine rings is 1. The lowest BCUT2D eigenvalue weighted by Crippen LogP contribution is -2.61. The number of esters is 1. The van der Waals surface area contributed by atoms with Gasteiger partial charge in [-0.1, -0.05) is 48.5 Å². The largest absolute Gasteiger partial charge is 0.497 e. The molecule has 0 radical (unpaired) electrons. The quantitative estimate of drug-likeness (QED) is 0.254. The summed E-state index contributed by atoms with van der Waals surface area (Å²) in [6.45, 7) is 3.75. The minimum atomic E-state index is -0.392. The van der Waals surface area contributed by atoms with Crippen molar-refractivity contribution in [3.63, 3.8) is 0 Å². The number of likely N-dealkylation sites (tertiary alicyclic amines) is 1. The van der Waals surface area contributed by atoms with Crippen LogP contribution in [0.2, 0.25) is 0 Å². The second-order valence-corrected chi connectivity index (χ2v) is 11.4. The minimum Gasteiger partial charge on any atom is -0.497 e. The Kier molecular flexibility index (Phi) is 9.26. The molecule has 0 saturated carbocycles. The Bertz CT molecular complexity index is 1610. The maximum Gasteiger partial charge on any atom is 0.338 e. The number of halogens is 1. The highest BCUT2D eigenvalue weighted by atomic mass is 19.1. The monoisotopic (exact) mass is 608 g/mol. The molecule has 0 bridgehead atoms. The van der Waals surface area contributed by atoms with Crippen LogP contribution >= 0.6 is 0 Å². The molecule has 6 rings (SSSR count). The van der Waals surface area contributed by atoms with Crippen LogP contribution < -0.4 is 15.0 Å². The number of carbonyl (C=O) groups excluding carboxylic acids is 2. The normalized spacial score (nSPS) is 18.7. The van der Waals surface area contributed by atoms with Crippen LogP contribution in [0.3, 0.4) is 0 Å². The van der Waals surface area contributed by atoms with Crippen molar-refractivity contribution in [2.24, 2.45) is 0 Å². The number of rotatable bonds is 7. The lowest BCUT2D eigenvalue weighted by molar-refractivity contribution is -0.0290. The molecule has 0 aliphatic carbocycles. The maximum absolute atomic E-state index is 13.5. The standard InChI is InChI=1S/C36H37FN4O4/c1-44-32-12-6-11-30(24-32)38-36(43)41-18-17-34(45-35(42)28-10-5-9-27(23-28)26-7-3-2-4-8-26)33(25-41)40-21-19-39(20-22-40)31-15-13-29(37)14-16-31/h2-16,23-24,33-34H,17-22,25H2,1H3,(H,38,43)/t33-,34-/m1/s1. The first-order valence-corrected chi connectivity index (χ1v) is 15.3. The van der Waals surface area contributed by atoms with Gasteiger partial charge in [-0.25, -0.2) is 14.0 Å². The number of hydrogen-bond acceptors (Lipinski definition) is 6. The summed E-state index contributed by atoms with van der Waals surface area (Å²) in [4.78, 5) is 33.2. The molecule has 4 aromatic rings. The van der Waals surface area contributed by atoms with Crippen LogP contribution in [0.15, 0.2) is 103 Å². The third-order valence-electron chi connectivity index (χ3n) is 8.57. The molecule has 2 aliphatic rings. The fourth-order valence-corrected chi connectivity index (χ4v) is 6.11. The van der Waals surface area contributed by atoms with E-state index in [1.54, 1.807) is 36.3 Å². The molecule has 1 N–H and O–H groups in total. The first kappa shape index (κ1) is 30.1. The van der Waals surface area contributed by atoms with Gasteiger partial charge in [0.1, 0.15) is 17.7 Å². The van der Waals surface area contributed by atoms with Gasteiger partial charge >= 0.3 is 12.0 Å². The zero-order valence-corrected chi connectivity index (χ0v) is 25.3. The fourth-order valence-electron chi connectivity index (χ4n) is 6.11. The molecule has 4 aromatic carbocycles. The van der Waals surface area contributed by atoms with Gasteiger partial charge in [-0.05, 0) is 59.7 Å². The molecular formula is C36H37FN4O4. The Balaban J connectivity index is 1.17. The topological polar surface area (TPSA) is 74.3 Å². The van der Waals surface area contributed by atoms with Crippen LogP contribution in [0.25, 0.3) is 11.1 Å². The number of nitrogens with one attached hydrogen (secondary N) is 1. The lowest BCUT2D eigenvalue weighted by atomic mass is 9.99. The summed E-state index contributed by atoms with van der Waals surface area (Å²) in [6.07, 6.45) is 0.120. The van der Waals surface area contributed by atoms with Crippen LogP contribution in [-0.4, -0.2) is 80.3 Å². The first-order valence-electron chi connectivity index (χ1n) is 15.3. The van der Waals surface area contributed by atoms with Gasteiger partial charge in [0.2, 0.25) is 0 Å². The molecule has 2 heterocycles. The van der Waals surface area contributed by atoms with Gasteiger partial charge in [0, 0.05) is 63.1 Å².